The fraction of sp³-hybridized carbons (Fsp3) is 0.348. The summed E-state index contributed by atoms with van der Waals surface area (Å²) in [5.74, 6) is -1.13. The van der Waals surface area contributed by atoms with Gasteiger partial charge in [0, 0.05) is 18.9 Å². The third-order valence-electron chi connectivity index (χ3n) is 5.57. The molecular formula is C23H23B3N8O6. The highest BCUT2D eigenvalue weighted by Gasteiger charge is 2.30. The normalized spacial score (nSPS) is 13.7. The van der Waals surface area contributed by atoms with E-state index in [9.17, 15) is 19.5 Å². The maximum atomic E-state index is 12.8. The number of benzene rings is 1. The Labute approximate surface area is 232 Å². The molecule has 0 saturated heterocycles. The first-order valence-corrected chi connectivity index (χ1v) is 12.0. The van der Waals surface area contributed by atoms with Crippen LogP contribution >= 0.6 is 0 Å². The van der Waals surface area contributed by atoms with Crippen molar-refractivity contribution >= 4 is 58.5 Å². The fourth-order valence-electron chi connectivity index (χ4n) is 3.64. The Balaban J connectivity index is 1.70. The van der Waals surface area contributed by atoms with Crippen LogP contribution in [0, 0.1) is 5.92 Å². The highest BCUT2D eigenvalue weighted by atomic mass is 16.5. The lowest BCUT2D eigenvalue weighted by Gasteiger charge is -2.23. The number of amides is 3. The summed E-state index contributed by atoms with van der Waals surface area (Å²) in [6, 6.07) is 5.45. The summed E-state index contributed by atoms with van der Waals surface area (Å²) in [6.07, 6.45) is 1.56. The number of ether oxygens (including phenoxy) is 1. The van der Waals surface area contributed by atoms with E-state index in [-0.39, 0.29) is 52.4 Å². The molecule has 0 spiro atoms. The zero-order chi connectivity index (χ0) is 29.0. The Hall–Kier alpha value is -4.40. The van der Waals surface area contributed by atoms with Crippen LogP contribution in [0.15, 0.2) is 28.8 Å². The van der Waals surface area contributed by atoms with Crippen molar-refractivity contribution in [3.63, 3.8) is 0 Å². The van der Waals surface area contributed by atoms with E-state index in [0.29, 0.717) is 11.3 Å². The molecule has 200 valence electrons. The van der Waals surface area contributed by atoms with Crippen molar-refractivity contribution in [3.05, 3.63) is 35.8 Å². The molecule has 0 aliphatic heterocycles. The molecule has 1 fully saturated rings. The number of methoxy groups -OCH3 is 1. The van der Waals surface area contributed by atoms with Crippen LogP contribution in [0.2, 0.25) is 0 Å². The van der Waals surface area contributed by atoms with Crippen molar-refractivity contribution in [1.82, 2.24) is 31.0 Å². The van der Waals surface area contributed by atoms with Crippen molar-refractivity contribution in [2.24, 2.45) is 5.92 Å². The van der Waals surface area contributed by atoms with E-state index in [0.717, 1.165) is 12.8 Å². The number of carbonyl (C=O) groups excluding carboxylic acids is 3. The number of anilines is 3. The van der Waals surface area contributed by atoms with Crippen LogP contribution in [0.3, 0.4) is 0 Å². The summed E-state index contributed by atoms with van der Waals surface area (Å²) in [5, 5.41) is 29.7. The zero-order valence-electron chi connectivity index (χ0n) is 21.6. The molecule has 1 aliphatic rings. The van der Waals surface area contributed by atoms with Gasteiger partial charge in [0.05, 0.1) is 54.2 Å². The van der Waals surface area contributed by atoms with Gasteiger partial charge >= 0.3 is 0 Å². The summed E-state index contributed by atoms with van der Waals surface area (Å²) >= 11 is 0. The van der Waals surface area contributed by atoms with Gasteiger partial charge in [-0.15, -0.1) is 10.2 Å². The van der Waals surface area contributed by atoms with Crippen LogP contribution in [-0.2, 0) is 9.59 Å². The maximum Gasteiger partial charge on any atom is 0.272 e. The number of nitrogens with zero attached hydrogens (tertiary/aromatic N) is 4. The third-order valence-corrected chi connectivity index (χ3v) is 5.57. The van der Waals surface area contributed by atoms with Crippen LogP contribution in [0.1, 0.15) is 42.1 Å². The number of nitrogens with one attached hydrogen (secondary N) is 4. The van der Waals surface area contributed by atoms with Crippen LogP contribution in [0.25, 0.3) is 11.5 Å². The van der Waals surface area contributed by atoms with E-state index in [1.165, 1.54) is 20.1 Å². The highest BCUT2D eigenvalue weighted by molar-refractivity contribution is 6.60. The Morgan fingerprint density at radius 2 is 1.95 bits per heavy atom. The van der Waals surface area contributed by atoms with Crippen LogP contribution < -0.4 is 26.0 Å². The van der Waals surface area contributed by atoms with Crippen molar-refractivity contribution in [2.75, 3.05) is 24.4 Å². The topological polar surface area (TPSA) is 193 Å². The van der Waals surface area contributed by atoms with Gasteiger partial charge in [-0.1, -0.05) is 16.5 Å². The molecule has 0 bridgehead atoms. The molecule has 1 aromatic carbocycles. The molecule has 14 nitrogen and oxygen atoms in total. The lowest BCUT2D eigenvalue weighted by Crippen LogP contribution is -2.50. The van der Waals surface area contributed by atoms with E-state index in [2.05, 4.69) is 41.6 Å². The molecule has 40 heavy (non-hydrogen) atoms. The molecular weight excluding hydrogens is 517 g/mol. The first kappa shape index (κ1) is 28.6. The van der Waals surface area contributed by atoms with Crippen molar-refractivity contribution < 1.29 is 28.8 Å². The minimum atomic E-state index is -2.04. The zero-order valence-corrected chi connectivity index (χ0v) is 21.6. The minimum Gasteiger partial charge on any atom is -0.494 e. The summed E-state index contributed by atoms with van der Waals surface area (Å²) in [7, 11) is 18.0. The number of carbonyl (C=O) groups is 3. The molecule has 3 amide bonds. The van der Waals surface area contributed by atoms with E-state index in [1.807, 2.05) is 0 Å². The van der Waals surface area contributed by atoms with Gasteiger partial charge < -0.3 is 35.6 Å². The number of rotatable bonds is 11. The average molecular weight is 540 g/mol. The van der Waals surface area contributed by atoms with Gasteiger partial charge in [0.2, 0.25) is 11.8 Å². The van der Waals surface area contributed by atoms with Crippen molar-refractivity contribution in [2.45, 2.75) is 31.0 Å². The predicted octanol–water partition coefficient (Wildman–Crippen LogP) is -0.357. The van der Waals surface area contributed by atoms with Crippen LogP contribution in [-0.4, -0.2) is 85.7 Å². The lowest BCUT2D eigenvalue weighted by molar-refractivity contribution is -0.120. The van der Waals surface area contributed by atoms with Gasteiger partial charge in [-0.25, -0.2) is 0 Å². The Morgan fingerprint density at radius 1 is 1.20 bits per heavy atom. The van der Waals surface area contributed by atoms with E-state index in [4.69, 9.17) is 32.8 Å². The van der Waals surface area contributed by atoms with Gasteiger partial charge in [-0.3, -0.25) is 14.4 Å². The highest BCUT2D eigenvalue weighted by Crippen LogP contribution is 2.38. The molecule has 2 heterocycles. The number of hydrogen-bond donors (Lipinski definition) is 5. The molecule has 0 unspecified atom stereocenters. The standard InChI is InChI=1S/C23H23B3N8O6/c1-10(36)27-15(9-35)19-30-22(40-34-19)12-4-3-5-13(18(12)39-2)28-14-8-16(29-20(37)11-6-7-11)32-33-17(14)21(38)31-23(24,25)26/h3-5,8,11,15,35H,6-7,9H2,1-2H3,(H,27,36)(H,31,38)(H2,28,29,32,37)/t15-/m1/s1. The van der Waals surface area contributed by atoms with Gasteiger partial charge in [-0.05, 0) is 25.0 Å². The smallest absolute Gasteiger partial charge is 0.272 e. The summed E-state index contributed by atoms with van der Waals surface area (Å²) < 4.78 is 11.0. The predicted molar refractivity (Wildman–Crippen MR) is 144 cm³/mol. The maximum absolute atomic E-state index is 12.8. The summed E-state index contributed by atoms with van der Waals surface area (Å²) in [4.78, 5) is 40.8. The Kier molecular flexibility index (Phi) is 8.42. The van der Waals surface area contributed by atoms with Crippen molar-refractivity contribution in [1.29, 1.82) is 0 Å². The average Bonchev–Trinajstić information content (AvgIpc) is 3.63. The van der Waals surface area contributed by atoms with Gasteiger partial charge in [0.25, 0.3) is 11.8 Å². The number of aliphatic hydroxyl groups is 1. The molecule has 5 N–H and O–H groups in total. The first-order chi connectivity index (χ1) is 19.0. The molecule has 1 atom stereocenters. The second-order valence-electron chi connectivity index (χ2n) is 9.05. The third kappa shape index (κ3) is 6.97. The molecule has 6 radical (unpaired) electrons. The number of aromatic nitrogens is 4. The molecule has 1 aliphatic carbocycles. The van der Waals surface area contributed by atoms with Crippen LogP contribution in [0.5, 0.6) is 5.75 Å². The quantitative estimate of drug-likeness (QED) is 0.200. The van der Waals surface area contributed by atoms with Gasteiger partial charge in [-0.2, -0.15) is 4.98 Å². The number of hydrogen-bond acceptors (Lipinski definition) is 11. The molecule has 3 aromatic rings. The summed E-state index contributed by atoms with van der Waals surface area (Å²) in [5.41, 5.74) is 0.562. The van der Waals surface area contributed by atoms with E-state index < -0.39 is 23.8 Å². The molecule has 17 heteroatoms. The molecule has 1 saturated carbocycles. The molecule has 4 rings (SSSR count). The molecule has 2 aromatic heterocycles. The van der Waals surface area contributed by atoms with E-state index in [1.54, 1.807) is 18.2 Å². The fourth-order valence-corrected chi connectivity index (χ4v) is 3.64. The van der Waals surface area contributed by atoms with Crippen LogP contribution in [0.4, 0.5) is 17.2 Å². The van der Waals surface area contributed by atoms with Crippen molar-refractivity contribution in [3.8, 4) is 17.2 Å². The largest absolute Gasteiger partial charge is 0.494 e. The lowest BCUT2D eigenvalue weighted by atomic mass is 9.49. The first-order valence-electron chi connectivity index (χ1n) is 12.0. The number of para-hydroxylation sites is 1. The number of aliphatic hydroxyl groups excluding tert-OH is 1. The van der Waals surface area contributed by atoms with E-state index >= 15 is 0 Å². The van der Waals surface area contributed by atoms with Gasteiger partial charge in [0.1, 0.15) is 6.04 Å². The van der Waals surface area contributed by atoms with Gasteiger partial charge in [0.15, 0.2) is 23.1 Å². The second-order valence-corrected chi connectivity index (χ2v) is 9.05. The Morgan fingerprint density at radius 3 is 2.58 bits per heavy atom. The Bertz CT molecular complexity index is 1430. The second kappa shape index (κ2) is 11.8. The minimum absolute atomic E-state index is 0.0293. The SMILES string of the molecule is [B]C([B])([B])NC(=O)c1nnc(NC(=O)C2CC2)cc1Nc1cccc(-c2nc([C@@H](CO)NC(C)=O)no2)c1OC. The monoisotopic (exact) mass is 540 g/mol. The summed E-state index contributed by atoms with van der Waals surface area (Å²) in [6.45, 7) is 0.841.